The van der Waals surface area contributed by atoms with Crippen LogP contribution in [0.5, 0.6) is 5.75 Å². The van der Waals surface area contributed by atoms with E-state index in [-0.39, 0.29) is 23.4 Å². The van der Waals surface area contributed by atoms with Crippen molar-refractivity contribution in [3.8, 4) is 5.75 Å². The van der Waals surface area contributed by atoms with Crippen molar-refractivity contribution in [3.63, 3.8) is 0 Å². The van der Waals surface area contributed by atoms with E-state index in [4.69, 9.17) is 4.74 Å². The summed E-state index contributed by atoms with van der Waals surface area (Å²) >= 11 is 0. The van der Waals surface area contributed by atoms with Crippen LogP contribution in [0.15, 0.2) is 72.6 Å². The van der Waals surface area contributed by atoms with E-state index in [2.05, 4.69) is 4.98 Å². The van der Waals surface area contributed by atoms with E-state index in [0.29, 0.717) is 12.2 Å². The lowest BCUT2D eigenvalue weighted by Gasteiger charge is -2.26. The molecule has 2 aliphatic rings. The van der Waals surface area contributed by atoms with Gasteiger partial charge in [0, 0.05) is 30.1 Å². The van der Waals surface area contributed by atoms with E-state index in [1.165, 1.54) is 23.1 Å². The van der Waals surface area contributed by atoms with E-state index in [1.807, 2.05) is 0 Å². The number of rotatable bonds is 4. The van der Waals surface area contributed by atoms with Gasteiger partial charge in [-0.1, -0.05) is 18.2 Å². The van der Waals surface area contributed by atoms with Gasteiger partial charge in [-0.25, -0.2) is 4.39 Å². The number of pyridine rings is 1. The second kappa shape index (κ2) is 8.50. The molecule has 1 N–H and O–H groups in total. The Morgan fingerprint density at radius 3 is 2.70 bits per heavy atom. The first kappa shape index (κ1) is 20.9. The van der Waals surface area contributed by atoms with Gasteiger partial charge in [-0.2, -0.15) is 0 Å². The lowest BCUT2D eigenvalue weighted by Crippen LogP contribution is -2.29. The SMILES string of the molecule is O=C1C(=O)N(Cc2ccncc2)C(c2ccccc2F)/C1=C(\O)c1ccc2c(c1)CCCO2. The Labute approximate surface area is 190 Å². The van der Waals surface area contributed by atoms with Crippen molar-refractivity contribution in [1.29, 1.82) is 0 Å². The van der Waals surface area contributed by atoms with Crippen LogP contribution in [-0.4, -0.2) is 33.3 Å². The normalized spacial score (nSPS) is 19.3. The molecule has 0 radical (unpaired) electrons. The summed E-state index contributed by atoms with van der Waals surface area (Å²) in [7, 11) is 0. The number of fused-ring (bicyclic) bond motifs is 1. The van der Waals surface area contributed by atoms with E-state index in [9.17, 15) is 19.1 Å². The van der Waals surface area contributed by atoms with Crippen molar-refractivity contribution in [3.05, 3.63) is 101 Å². The Bertz CT molecular complexity index is 1270. The molecular weight excluding hydrogens is 423 g/mol. The Balaban J connectivity index is 1.65. The Morgan fingerprint density at radius 2 is 1.91 bits per heavy atom. The highest BCUT2D eigenvalue weighted by molar-refractivity contribution is 6.46. The van der Waals surface area contributed by atoms with Crippen LogP contribution in [0.4, 0.5) is 4.39 Å². The molecule has 1 fully saturated rings. The lowest BCUT2D eigenvalue weighted by atomic mass is 9.93. The van der Waals surface area contributed by atoms with Crippen molar-refractivity contribution in [2.75, 3.05) is 6.61 Å². The summed E-state index contributed by atoms with van der Waals surface area (Å²) in [5.74, 6) is -1.78. The average molecular weight is 444 g/mol. The molecule has 166 valence electrons. The number of aliphatic hydroxyl groups excluding tert-OH is 1. The van der Waals surface area contributed by atoms with Gasteiger partial charge in [0.05, 0.1) is 18.2 Å². The van der Waals surface area contributed by atoms with E-state index in [0.717, 1.165) is 29.7 Å². The fourth-order valence-corrected chi connectivity index (χ4v) is 4.41. The Hall–Kier alpha value is -4.00. The van der Waals surface area contributed by atoms with Gasteiger partial charge in [0.1, 0.15) is 17.3 Å². The molecular formula is C26H21FN2O4. The Morgan fingerprint density at radius 1 is 1.12 bits per heavy atom. The molecule has 1 unspecified atom stereocenters. The highest BCUT2D eigenvalue weighted by Gasteiger charge is 2.47. The molecule has 5 rings (SSSR count). The van der Waals surface area contributed by atoms with Gasteiger partial charge in [-0.3, -0.25) is 14.6 Å². The van der Waals surface area contributed by atoms with Gasteiger partial charge in [-0.15, -0.1) is 0 Å². The van der Waals surface area contributed by atoms with Gasteiger partial charge in [0.2, 0.25) is 0 Å². The smallest absolute Gasteiger partial charge is 0.295 e. The number of likely N-dealkylation sites (tertiary alicyclic amines) is 1. The first-order valence-electron chi connectivity index (χ1n) is 10.7. The highest BCUT2D eigenvalue weighted by Crippen LogP contribution is 2.41. The monoisotopic (exact) mass is 444 g/mol. The number of aromatic nitrogens is 1. The Kier molecular flexibility index (Phi) is 5.38. The van der Waals surface area contributed by atoms with Gasteiger partial charge < -0.3 is 14.7 Å². The molecule has 1 atom stereocenters. The van der Waals surface area contributed by atoms with Gasteiger partial charge in [-0.05, 0) is 60.4 Å². The topological polar surface area (TPSA) is 79.7 Å². The van der Waals surface area contributed by atoms with Gasteiger partial charge in [0.25, 0.3) is 11.7 Å². The van der Waals surface area contributed by atoms with Crippen LogP contribution in [0.25, 0.3) is 5.76 Å². The van der Waals surface area contributed by atoms with Crippen molar-refractivity contribution in [2.24, 2.45) is 0 Å². The number of ketones is 1. The number of benzene rings is 2. The lowest BCUT2D eigenvalue weighted by molar-refractivity contribution is -0.140. The maximum absolute atomic E-state index is 14.9. The number of carbonyl (C=O) groups excluding carboxylic acids is 2. The average Bonchev–Trinajstić information content (AvgIpc) is 3.09. The molecule has 3 aromatic rings. The fraction of sp³-hybridized carbons (Fsp3) is 0.192. The molecule has 0 saturated carbocycles. The number of carbonyl (C=O) groups is 2. The van der Waals surface area contributed by atoms with Gasteiger partial charge >= 0.3 is 0 Å². The molecule has 0 bridgehead atoms. The van der Waals surface area contributed by atoms with Crippen LogP contribution in [0, 0.1) is 5.82 Å². The first-order valence-corrected chi connectivity index (χ1v) is 10.7. The number of nitrogens with zero attached hydrogens (tertiary/aromatic N) is 2. The number of aliphatic hydroxyl groups is 1. The van der Waals surface area contributed by atoms with Crippen LogP contribution in [0.2, 0.25) is 0 Å². The standard InChI is InChI=1S/C26H21FN2O4/c27-20-6-2-1-5-19(20)23-22(24(30)18-7-8-21-17(14-18)4-3-13-33-21)25(31)26(32)29(23)15-16-9-11-28-12-10-16/h1-2,5-12,14,23,30H,3-4,13,15H2/b24-22+. The van der Waals surface area contributed by atoms with Crippen LogP contribution in [0.3, 0.4) is 0 Å². The molecule has 1 aromatic heterocycles. The zero-order valence-corrected chi connectivity index (χ0v) is 17.7. The summed E-state index contributed by atoms with van der Waals surface area (Å²) in [6.45, 7) is 0.701. The number of hydrogen-bond donors (Lipinski definition) is 1. The van der Waals surface area contributed by atoms with Crippen molar-refractivity contribution in [2.45, 2.75) is 25.4 Å². The summed E-state index contributed by atoms with van der Waals surface area (Å²) in [6.07, 6.45) is 4.80. The maximum Gasteiger partial charge on any atom is 0.295 e. The zero-order valence-electron chi connectivity index (χ0n) is 17.7. The summed E-state index contributed by atoms with van der Waals surface area (Å²) in [4.78, 5) is 31.5. The van der Waals surface area contributed by atoms with Crippen LogP contribution < -0.4 is 4.74 Å². The van der Waals surface area contributed by atoms with Crippen molar-refractivity contribution < 1.29 is 23.8 Å². The molecule has 1 amide bonds. The molecule has 6 nitrogen and oxygen atoms in total. The predicted octanol–water partition coefficient (Wildman–Crippen LogP) is 4.17. The van der Waals surface area contributed by atoms with Gasteiger partial charge in [0.15, 0.2) is 0 Å². The minimum absolute atomic E-state index is 0.0703. The summed E-state index contributed by atoms with van der Waals surface area (Å²) in [6, 6.07) is 13.5. The molecule has 2 aliphatic heterocycles. The van der Waals surface area contributed by atoms with Crippen molar-refractivity contribution >= 4 is 17.4 Å². The number of ether oxygens (including phenoxy) is 1. The van der Waals surface area contributed by atoms with Crippen LogP contribution >= 0.6 is 0 Å². The number of amides is 1. The summed E-state index contributed by atoms with van der Waals surface area (Å²) < 4.78 is 20.5. The molecule has 33 heavy (non-hydrogen) atoms. The van der Waals surface area contributed by atoms with Crippen molar-refractivity contribution in [1.82, 2.24) is 9.88 Å². The number of aryl methyl sites for hydroxylation is 1. The minimum atomic E-state index is -1.06. The largest absolute Gasteiger partial charge is 0.507 e. The number of hydrogen-bond acceptors (Lipinski definition) is 5. The second-order valence-corrected chi connectivity index (χ2v) is 8.08. The second-order valence-electron chi connectivity index (χ2n) is 8.08. The van der Waals surface area contributed by atoms with E-state index < -0.39 is 23.5 Å². The number of Topliss-reactive ketones (excluding diaryl/α,β-unsaturated/α-hetero) is 1. The van der Waals surface area contributed by atoms with E-state index >= 15 is 0 Å². The maximum atomic E-state index is 14.9. The third-order valence-electron chi connectivity index (χ3n) is 6.02. The molecule has 2 aromatic carbocycles. The molecule has 3 heterocycles. The quantitative estimate of drug-likeness (QED) is 0.371. The molecule has 0 spiro atoms. The minimum Gasteiger partial charge on any atom is -0.507 e. The summed E-state index contributed by atoms with van der Waals surface area (Å²) in [5, 5.41) is 11.2. The number of halogens is 1. The molecule has 1 saturated heterocycles. The highest BCUT2D eigenvalue weighted by atomic mass is 19.1. The first-order chi connectivity index (χ1) is 16.0. The summed E-state index contributed by atoms with van der Waals surface area (Å²) in [5.41, 5.74) is 2.06. The van der Waals surface area contributed by atoms with Crippen LogP contribution in [-0.2, 0) is 22.6 Å². The molecule has 7 heteroatoms. The third kappa shape index (κ3) is 3.75. The fourth-order valence-electron chi connectivity index (χ4n) is 4.41. The van der Waals surface area contributed by atoms with Crippen LogP contribution in [0.1, 0.15) is 34.7 Å². The van der Waals surface area contributed by atoms with E-state index in [1.54, 1.807) is 48.8 Å². The predicted molar refractivity (Wildman–Crippen MR) is 119 cm³/mol. The zero-order chi connectivity index (χ0) is 22.9. The molecule has 0 aliphatic carbocycles. The third-order valence-corrected chi connectivity index (χ3v) is 6.02.